The Hall–Kier alpha value is -2.48. The number of hydrogen-bond acceptors (Lipinski definition) is 7. The quantitative estimate of drug-likeness (QED) is 0.287. The zero-order valence-corrected chi connectivity index (χ0v) is 24.0. The monoisotopic (exact) mass is 585 g/mol. The number of carbonyl (C=O) groups is 2. The molecule has 0 bridgehead atoms. The number of nitrogens with one attached hydrogen (secondary N) is 1. The summed E-state index contributed by atoms with van der Waals surface area (Å²) in [7, 11) is 0. The molecule has 2 heterocycles. The van der Waals surface area contributed by atoms with Gasteiger partial charge >= 0.3 is 35.5 Å². The maximum atomic E-state index is 14.7. The van der Waals surface area contributed by atoms with Crippen LogP contribution in [0.15, 0.2) is 33.3 Å². The molecule has 1 aromatic carbocycles. The van der Waals surface area contributed by atoms with Crippen LogP contribution in [0, 0.1) is 11.2 Å². The molecule has 0 unspecified atom stereocenters. The Bertz CT molecular complexity index is 1330. The van der Waals surface area contributed by atoms with Crippen molar-refractivity contribution in [1.29, 1.82) is 0 Å². The number of anilines is 1. The second-order valence-electron chi connectivity index (χ2n) is 9.50. The molecule has 0 fully saturated rings. The maximum absolute atomic E-state index is 14.7. The first-order valence-electron chi connectivity index (χ1n) is 11.2. The van der Waals surface area contributed by atoms with E-state index in [1.165, 1.54) is 32.9 Å². The van der Waals surface area contributed by atoms with Crippen molar-refractivity contribution < 1.29 is 75.3 Å². The molecular formula is C24H22ClF5N3NaO5. The largest absolute Gasteiger partial charge is 1.00 e. The molecule has 0 saturated heterocycles. The van der Waals surface area contributed by atoms with Crippen LogP contribution >= 0.6 is 11.6 Å². The third kappa shape index (κ3) is 7.59. The zero-order valence-electron chi connectivity index (χ0n) is 21.3. The third-order valence-corrected chi connectivity index (χ3v) is 5.92. The maximum Gasteiger partial charge on any atom is 1.00 e. The molecule has 1 N–H and O–H groups in total. The first kappa shape index (κ1) is 32.7. The molecule has 0 aliphatic rings. The van der Waals surface area contributed by atoms with Gasteiger partial charge in [-0.2, -0.15) is 8.78 Å². The van der Waals surface area contributed by atoms with E-state index in [2.05, 4.69) is 15.6 Å². The normalized spacial score (nSPS) is 12.8. The number of nitrogens with zero attached hydrogens (tertiary/aromatic N) is 2. The van der Waals surface area contributed by atoms with Gasteiger partial charge < -0.3 is 24.3 Å². The van der Waals surface area contributed by atoms with E-state index in [0.29, 0.717) is 0 Å². The Balaban J connectivity index is 0.00000533. The fourth-order valence-corrected chi connectivity index (χ4v) is 3.70. The first-order valence-corrected chi connectivity index (χ1v) is 11.6. The second kappa shape index (κ2) is 12.8. The number of carboxylic acids is 1. The predicted octanol–water partition coefficient (Wildman–Crippen LogP) is 2.84. The van der Waals surface area contributed by atoms with Gasteiger partial charge in [0.05, 0.1) is 16.9 Å². The number of alkyl halides is 4. The number of carboxylic acid groups (broad SMARTS) is 1. The standard InChI is InChI=1S/C24H23ClF5N3O5.Na/c1-23(2,3)24(29,30)16-10-15(32-37-16)21-19(22(27)28)20(33-38-21)11(4-7-18(35)36)8-17(34)31-14-6-5-12(25)9-13(14)26;/h5-6,9-11,22H,4,7-8H2,1-3H3,(H,31,34)(H,35,36);/q;+1/p-1/t11-;/m0./s1. The van der Waals surface area contributed by atoms with Gasteiger partial charge in [-0.3, -0.25) is 4.79 Å². The van der Waals surface area contributed by atoms with E-state index < -0.39 is 82.7 Å². The molecule has 1 atom stereocenters. The van der Waals surface area contributed by atoms with Crippen molar-refractivity contribution in [2.45, 2.75) is 58.3 Å². The Morgan fingerprint density at radius 1 is 1.13 bits per heavy atom. The predicted molar refractivity (Wildman–Crippen MR) is 122 cm³/mol. The summed E-state index contributed by atoms with van der Waals surface area (Å²) in [5.74, 6) is -9.58. The fraction of sp³-hybridized carbons (Fsp3) is 0.417. The Kier molecular flexibility index (Phi) is 10.7. The van der Waals surface area contributed by atoms with E-state index in [9.17, 15) is 36.6 Å². The van der Waals surface area contributed by atoms with Crippen LogP contribution < -0.4 is 40.0 Å². The summed E-state index contributed by atoms with van der Waals surface area (Å²) in [6, 6.07) is 4.18. The summed E-state index contributed by atoms with van der Waals surface area (Å²) in [6.07, 6.45) is -4.90. The van der Waals surface area contributed by atoms with Gasteiger partial charge in [-0.25, -0.2) is 13.2 Å². The van der Waals surface area contributed by atoms with Crippen LogP contribution in [-0.4, -0.2) is 22.2 Å². The smallest absolute Gasteiger partial charge is 0.550 e. The van der Waals surface area contributed by atoms with Crippen LogP contribution in [0.5, 0.6) is 0 Å². The SMILES string of the molecule is CC(C)(C)C(F)(F)c1cc(-c2onc([C@@H](CCC(=O)[O-])CC(=O)Nc3ccc(Cl)cc3F)c2C(F)F)no1.[Na+]. The molecule has 39 heavy (non-hydrogen) atoms. The summed E-state index contributed by atoms with van der Waals surface area (Å²) in [6.45, 7) is 3.74. The van der Waals surface area contributed by atoms with Crippen LogP contribution in [0.2, 0.25) is 5.02 Å². The topological polar surface area (TPSA) is 121 Å². The van der Waals surface area contributed by atoms with Gasteiger partial charge in [0.15, 0.2) is 11.5 Å². The van der Waals surface area contributed by atoms with Crippen LogP contribution in [-0.2, 0) is 15.5 Å². The summed E-state index contributed by atoms with van der Waals surface area (Å²) < 4.78 is 81.5. The number of aliphatic carboxylic acids is 1. The molecule has 0 radical (unpaired) electrons. The van der Waals surface area contributed by atoms with Gasteiger partial charge in [0.25, 0.3) is 6.43 Å². The van der Waals surface area contributed by atoms with Crippen LogP contribution in [0.1, 0.15) is 69.4 Å². The number of benzene rings is 1. The molecule has 3 aromatic rings. The molecule has 0 spiro atoms. The van der Waals surface area contributed by atoms with Gasteiger partial charge in [0, 0.05) is 34.8 Å². The molecule has 0 saturated carbocycles. The van der Waals surface area contributed by atoms with Gasteiger partial charge in [-0.15, -0.1) is 0 Å². The number of rotatable bonds is 10. The van der Waals surface area contributed by atoms with Crippen LogP contribution in [0.3, 0.4) is 0 Å². The van der Waals surface area contributed by atoms with Crippen LogP contribution in [0.25, 0.3) is 11.5 Å². The molecule has 206 valence electrons. The molecule has 0 aliphatic heterocycles. The minimum absolute atomic E-state index is 0. The Morgan fingerprint density at radius 2 is 1.79 bits per heavy atom. The zero-order chi connectivity index (χ0) is 28.4. The average molecular weight is 586 g/mol. The number of carbonyl (C=O) groups excluding carboxylic acids is 2. The molecule has 0 aliphatic carbocycles. The Morgan fingerprint density at radius 3 is 2.36 bits per heavy atom. The van der Waals surface area contributed by atoms with E-state index in [1.54, 1.807) is 0 Å². The summed E-state index contributed by atoms with van der Waals surface area (Å²) in [5.41, 5.74) is -3.70. The van der Waals surface area contributed by atoms with Gasteiger partial charge in [0.1, 0.15) is 5.82 Å². The summed E-state index contributed by atoms with van der Waals surface area (Å²) in [5, 5.41) is 20.4. The summed E-state index contributed by atoms with van der Waals surface area (Å²) in [4.78, 5) is 23.7. The van der Waals surface area contributed by atoms with Crippen molar-refractivity contribution in [2.75, 3.05) is 5.32 Å². The minimum atomic E-state index is -3.52. The molecule has 3 rings (SSSR count). The molecule has 15 heteroatoms. The molecule has 2 aromatic heterocycles. The number of halogens is 6. The van der Waals surface area contributed by atoms with E-state index >= 15 is 0 Å². The van der Waals surface area contributed by atoms with Crippen molar-refractivity contribution in [3.05, 3.63) is 52.1 Å². The van der Waals surface area contributed by atoms with Crippen molar-refractivity contribution in [3.8, 4) is 11.5 Å². The van der Waals surface area contributed by atoms with Crippen molar-refractivity contribution in [2.24, 2.45) is 5.41 Å². The van der Waals surface area contributed by atoms with Crippen molar-refractivity contribution in [1.82, 2.24) is 10.3 Å². The summed E-state index contributed by atoms with van der Waals surface area (Å²) >= 11 is 5.68. The van der Waals surface area contributed by atoms with E-state index in [1.807, 2.05) is 0 Å². The van der Waals surface area contributed by atoms with Gasteiger partial charge in [-0.1, -0.05) is 42.7 Å². The van der Waals surface area contributed by atoms with E-state index in [4.69, 9.17) is 20.6 Å². The van der Waals surface area contributed by atoms with Gasteiger partial charge in [-0.05, 0) is 31.0 Å². The molecule has 8 nitrogen and oxygen atoms in total. The van der Waals surface area contributed by atoms with Crippen LogP contribution in [0.4, 0.5) is 27.6 Å². The second-order valence-corrected chi connectivity index (χ2v) is 9.93. The fourth-order valence-electron chi connectivity index (χ4n) is 3.54. The van der Waals surface area contributed by atoms with E-state index in [-0.39, 0.29) is 46.7 Å². The average Bonchev–Trinajstić information content (AvgIpc) is 3.45. The number of aromatic nitrogens is 2. The molecule has 1 amide bonds. The number of amides is 1. The Labute approximate surface area is 246 Å². The van der Waals surface area contributed by atoms with Crippen molar-refractivity contribution >= 4 is 29.2 Å². The molecular weight excluding hydrogens is 564 g/mol. The third-order valence-electron chi connectivity index (χ3n) is 5.69. The minimum Gasteiger partial charge on any atom is -0.550 e. The van der Waals surface area contributed by atoms with Gasteiger partial charge in [0.2, 0.25) is 11.7 Å². The van der Waals surface area contributed by atoms with E-state index in [0.717, 1.165) is 12.1 Å². The van der Waals surface area contributed by atoms with Crippen molar-refractivity contribution in [3.63, 3.8) is 0 Å². The number of hydrogen-bond donors (Lipinski definition) is 1. The first-order chi connectivity index (χ1) is 17.6.